The summed E-state index contributed by atoms with van der Waals surface area (Å²) in [6.07, 6.45) is 0.501. The number of benzene rings is 2. The van der Waals surface area contributed by atoms with Gasteiger partial charge in [-0.3, -0.25) is 10.1 Å². The zero-order chi connectivity index (χ0) is 17.6. The number of nitro benzene ring substituents is 1. The molecule has 0 atom stereocenters. The van der Waals surface area contributed by atoms with Gasteiger partial charge in [-0.05, 0) is 18.1 Å². The molecule has 0 saturated heterocycles. The van der Waals surface area contributed by atoms with Crippen LogP contribution in [0.1, 0.15) is 5.56 Å². The molecule has 2 aromatic carbocycles. The average Bonchev–Trinajstić information content (AvgIpc) is 2.59. The molecular weight excluding hydrogens is 330 g/mol. The van der Waals surface area contributed by atoms with Gasteiger partial charge in [0.2, 0.25) is 10.0 Å². The number of rotatable bonds is 8. The van der Waals surface area contributed by atoms with Crippen molar-refractivity contribution in [1.82, 2.24) is 4.31 Å². The molecule has 0 spiro atoms. The number of sulfonamides is 1. The van der Waals surface area contributed by atoms with E-state index >= 15 is 0 Å². The third kappa shape index (κ3) is 4.16. The van der Waals surface area contributed by atoms with E-state index in [-0.39, 0.29) is 24.5 Å². The molecular formula is C16H19N3O4S. The molecule has 24 heavy (non-hydrogen) atoms. The minimum atomic E-state index is -4.00. The highest BCUT2D eigenvalue weighted by molar-refractivity contribution is 7.89. The molecule has 0 aromatic heterocycles. The van der Waals surface area contributed by atoms with E-state index in [0.29, 0.717) is 6.42 Å². The van der Waals surface area contributed by atoms with Crippen molar-refractivity contribution >= 4 is 15.7 Å². The predicted octanol–water partition coefficient (Wildman–Crippen LogP) is 1.79. The molecule has 0 radical (unpaired) electrons. The van der Waals surface area contributed by atoms with Crippen molar-refractivity contribution in [2.24, 2.45) is 5.73 Å². The standard InChI is InChI=1S/C16H19N3O4S/c17-11-13-18(12-10-14-6-2-1-3-7-14)24(22,23)16-9-5-4-8-15(16)19(20)21/h1-9H,10-13,17H2. The van der Waals surface area contributed by atoms with Crippen molar-refractivity contribution < 1.29 is 13.3 Å². The van der Waals surface area contributed by atoms with Crippen LogP contribution in [0.5, 0.6) is 0 Å². The second kappa shape index (κ2) is 8.00. The first-order chi connectivity index (χ1) is 11.5. The van der Waals surface area contributed by atoms with Crippen LogP contribution in [0.2, 0.25) is 0 Å². The smallest absolute Gasteiger partial charge is 0.289 e. The monoisotopic (exact) mass is 349 g/mol. The molecule has 0 fully saturated rings. The number of nitrogens with zero attached hydrogens (tertiary/aromatic N) is 2. The lowest BCUT2D eigenvalue weighted by molar-refractivity contribution is -0.387. The summed E-state index contributed by atoms with van der Waals surface area (Å²) in [6.45, 7) is 0.436. The fourth-order valence-corrected chi connectivity index (χ4v) is 3.97. The average molecular weight is 349 g/mol. The highest BCUT2D eigenvalue weighted by atomic mass is 32.2. The Bertz CT molecular complexity index is 794. The molecule has 7 nitrogen and oxygen atoms in total. The lowest BCUT2D eigenvalue weighted by atomic mass is 10.1. The van der Waals surface area contributed by atoms with Crippen LogP contribution in [0.15, 0.2) is 59.5 Å². The third-order valence-electron chi connectivity index (χ3n) is 3.55. The summed E-state index contributed by atoms with van der Waals surface area (Å²) in [7, 11) is -4.00. The number of nitrogens with two attached hydrogens (primary N) is 1. The molecule has 0 heterocycles. The van der Waals surface area contributed by atoms with E-state index in [1.165, 1.54) is 28.6 Å². The minimum absolute atomic E-state index is 0.0984. The first-order valence-electron chi connectivity index (χ1n) is 7.44. The molecule has 128 valence electrons. The van der Waals surface area contributed by atoms with Crippen molar-refractivity contribution in [3.63, 3.8) is 0 Å². The summed E-state index contributed by atoms with van der Waals surface area (Å²) >= 11 is 0. The Hall–Kier alpha value is -2.29. The molecule has 0 aliphatic rings. The Balaban J connectivity index is 2.30. The summed E-state index contributed by atoms with van der Waals surface area (Å²) in [6, 6.07) is 14.8. The van der Waals surface area contributed by atoms with Gasteiger partial charge in [0, 0.05) is 25.7 Å². The van der Waals surface area contributed by atoms with Crippen molar-refractivity contribution in [3.8, 4) is 0 Å². The molecule has 0 saturated carbocycles. The van der Waals surface area contributed by atoms with E-state index in [1.807, 2.05) is 30.3 Å². The Kier molecular flexibility index (Phi) is 6.02. The zero-order valence-corrected chi connectivity index (χ0v) is 13.9. The molecule has 0 unspecified atom stereocenters. The van der Waals surface area contributed by atoms with E-state index in [9.17, 15) is 18.5 Å². The Morgan fingerprint density at radius 3 is 2.25 bits per heavy atom. The molecule has 8 heteroatoms. The van der Waals surface area contributed by atoms with Crippen molar-refractivity contribution in [2.45, 2.75) is 11.3 Å². The molecule has 0 aliphatic heterocycles. The maximum absolute atomic E-state index is 12.8. The van der Waals surface area contributed by atoms with Gasteiger partial charge in [-0.1, -0.05) is 42.5 Å². The first-order valence-corrected chi connectivity index (χ1v) is 8.88. The van der Waals surface area contributed by atoms with Crippen LogP contribution < -0.4 is 5.73 Å². The number of para-hydroxylation sites is 1. The third-order valence-corrected chi connectivity index (χ3v) is 5.50. The number of nitro groups is 1. The fourth-order valence-electron chi connectivity index (χ4n) is 2.36. The largest absolute Gasteiger partial charge is 0.329 e. The van der Waals surface area contributed by atoms with Crippen molar-refractivity contribution in [3.05, 3.63) is 70.3 Å². The highest BCUT2D eigenvalue weighted by Gasteiger charge is 2.30. The van der Waals surface area contributed by atoms with Crippen LogP contribution in [0, 0.1) is 10.1 Å². The lowest BCUT2D eigenvalue weighted by Crippen LogP contribution is -2.37. The van der Waals surface area contributed by atoms with Crippen LogP contribution >= 0.6 is 0 Å². The van der Waals surface area contributed by atoms with Crippen molar-refractivity contribution in [1.29, 1.82) is 0 Å². The summed E-state index contributed by atoms with van der Waals surface area (Å²) in [5.41, 5.74) is 6.08. The topological polar surface area (TPSA) is 107 Å². The van der Waals surface area contributed by atoms with E-state index in [1.54, 1.807) is 0 Å². The van der Waals surface area contributed by atoms with Crippen LogP contribution in [-0.2, 0) is 16.4 Å². The van der Waals surface area contributed by atoms with Crippen LogP contribution in [0.3, 0.4) is 0 Å². The van der Waals surface area contributed by atoms with Gasteiger partial charge in [-0.2, -0.15) is 4.31 Å². The van der Waals surface area contributed by atoms with Gasteiger partial charge in [0.1, 0.15) is 0 Å². The van der Waals surface area contributed by atoms with Crippen LogP contribution in [-0.4, -0.2) is 37.3 Å². The second-order valence-corrected chi connectivity index (χ2v) is 7.06. The summed E-state index contributed by atoms with van der Waals surface area (Å²) in [4.78, 5) is 10.1. The van der Waals surface area contributed by atoms with Gasteiger partial charge in [-0.15, -0.1) is 0 Å². The second-order valence-electron chi connectivity index (χ2n) is 5.15. The Labute approximate surface area is 140 Å². The van der Waals surface area contributed by atoms with E-state index in [0.717, 1.165) is 5.56 Å². The van der Waals surface area contributed by atoms with Gasteiger partial charge in [0.15, 0.2) is 4.90 Å². The maximum atomic E-state index is 12.8. The highest BCUT2D eigenvalue weighted by Crippen LogP contribution is 2.26. The van der Waals surface area contributed by atoms with Gasteiger partial charge in [0.25, 0.3) is 5.69 Å². The van der Waals surface area contributed by atoms with E-state index in [2.05, 4.69) is 0 Å². The van der Waals surface area contributed by atoms with Crippen molar-refractivity contribution in [2.75, 3.05) is 19.6 Å². The van der Waals surface area contributed by atoms with Crippen LogP contribution in [0.25, 0.3) is 0 Å². The van der Waals surface area contributed by atoms with E-state index in [4.69, 9.17) is 5.73 Å². The minimum Gasteiger partial charge on any atom is -0.329 e. The lowest BCUT2D eigenvalue weighted by Gasteiger charge is -2.21. The van der Waals surface area contributed by atoms with Crippen LogP contribution in [0.4, 0.5) is 5.69 Å². The molecule has 2 N–H and O–H groups in total. The quantitative estimate of drug-likeness (QED) is 0.577. The molecule has 0 aliphatic carbocycles. The van der Waals surface area contributed by atoms with Gasteiger partial charge < -0.3 is 5.73 Å². The zero-order valence-electron chi connectivity index (χ0n) is 13.0. The first kappa shape index (κ1) is 18.1. The molecule has 0 bridgehead atoms. The molecule has 2 aromatic rings. The van der Waals surface area contributed by atoms with Gasteiger partial charge in [-0.25, -0.2) is 8.42 Å². The Morgan fingerprint density at radius 2 is 1.62 bits per heavy atom. The maximum Gasteiger partial charge on any atom is 0.289 e. The normalized spacial score (nSPS) is 11.6. The SMILES string of the molecule is NCCN(CCc1ccccc1)S(=O)(=O)c1ccccc1[N+](=O)[O-]. The summed E-state index contributed by atoms with van der Waals surface area (Å²) in [5, 5.41) is 11.1. The predicted molar refractivity (Wildman–Crippen MR) is 91.1 cm³/mol. The van der Waals surface area contributed by atoms with Gasteiger partial charge >= 0.3 is 0 Å². The number of hydrogen-bond acceptors (Lipinski definition) is 5. The summed E-state index contributed by atoms with van der Waals surface area (Å²) in [5.74, 6) is 0. The fraction of sp³-hybridized carbons (Fsp3) is 0.250. The van der Waals surface area contributed by atoms with Gasteiger partial charge in [0.05, 0.1) is 4.92 Å². The Morgan fingerprint density at radius 1 is 1.00 bits per heavy atom. The summed E-state index contributed by atoms with van der Waals surface area (Å²) < 4.78 is 26.9. The molecule has 0 amide bonds. The number of hydrogen-bond donors (Lipinski definition) is 1. The molecule has 2 rings (SSSR count). The van der Waals surface area contributed by atoms with E-state index < -0.39 is 20.6 Å².